The average molecular weight is 354 g/mol. The molecule has 0 saturated heterocycles. The van der Waals surface area contributed by atoms with Gasteiger partial charge in [0, 0.05) is 29.2 Å². The van der Waals surface area contributed by atoms with E-state index in [1.54, 1.807) is 18.2 Å². The minimum Gasteiger partial charge on any atom is -0.322 e. The van der Waals surface area contributed by atoms with Crippen LogP contribution in [0.25, 0.3) is 0 Å². The molecule has 0 fully saturated rings. The Labute approximate surface area is 146 Å². The summed E-state index contributed by atoms with van der Waals surface area (Å²) in [6.45, 7) is 0. The Morgan fingerprint density at radius 2 is 1.62 bits per heavy atom. The van der Waals surface area contributed by atoms with Gasteiger partial charge in [-0.3, -0.25) is 14.6 Å². The van der Waals surface area contributed by atoms with Gasteiger partial charge in [-0.25, -0.2) is 13.8 Å². The third-order valence-corrected chi connectivity index (χ3v) is 3.37. The second-order valence-electron chi connectivity index (χ2n) is 5.21. The van der Waals surface area contributed by atoms with Crippen molar-refractivity contribution in [3.63, 3.8) is 0 Å². The summed E-state index contributed by atoms with van der Waals surface area (Å²) >= 11 is 0. The highest BCUT2D eigenvalue weighted by molar-refractivity contribution is 6.07. The molecule has 0 aliphatic heterocycles. The summed E-state index contributed by atoms with van der Waals surface area (Å²) in [6, 6.07) is 8.98. The van der Waals surface area contributed by atoms with E-state index in [1.165, 1.54) is 30.7 Å². The Balaban J connectivity index is 1.73. The first-order chi connectivity index (χ1) is 12.5. The van der Waals surface area contributed by atoms with E-state index in [0.29, 0.717) is 5.69 Å². The standard InChI is InChI=1S/C18H12F2N4O2/c19-14-5-4-12(9-15(14)20)17(25)23-13-3-1-2-11(8-13)18(26)24-16-10-21-6-7-22-16/h1-10H,(H,23,25)(H,22,24,26). The Morgan fingerprint density at radius 3 is 2.35 bits per heavy atom. The molecule has 1 heterocycles. The summed E-state index contributed by atoms with van der Waals surface area (Å²) in [5.74, 6) is -2.93. The van der Waals surface area contributed by atoms with Gasteiger partial charge < -0.3 is 10.6 Å². The summed E-state index contributed by atoms with van der Waals surface area (Å²) in [4.78, 5) is 32.1. The molecule has 0 saturated carbocycles. The van der Waals surface area contributed by atoms with Crippen LogP contribution in [0.2, 0.25) is 0 Å². The first-order valence-electron chi connectivity index (χ1n) is 7.47. The maximum atomic E-state index is 13.2. The van der Waals surface area contributed by atoms with Gasteiger partial charge in [0.2, 0.25) is 0 Å². The topological polar surface area (TPSA) is 84.0 Å². The molecular formula is C18H12F2N4O2. The number of hydrogen-bond donors (Lipinski definition) is 2. The maximum Gasteiger partial charge on any atom is 0.256 e. The van der Waals surface area contributed by atoms with Gasteiger partial charge in [-0.2, -0.15) is 0 Å². The Morgan fingerprint density at radius 1 is 0.846 bits per heavy atom. The Hall–Kier alpha value is -3.68. The molecule has 3 aromatic rings. The first-order valence-corrected chi connectivity index (χ1v) is 7.47. The second kappa shape index (κ2) is 7.47. The third-order valence-electron chi connectivity index (χ3n) is 3.37. The molecule has 2 aromatic carbocycles. The maximum absolute atomic E-state index is 13.2. The zero-order valence-corrected chi connectivity index (χ0v) is 13.2. The molecule has 1 aromatic heterocycles. The summed E-state index contributed by atoms with van der Waals surface area (Å²) in [7, 11) is 0. The SMILES string of the molecule is O=C(Nc1cccc(C(=O)Nc2cnccn2)c1)c1ccc(F)c(F)c1. The van der Waals surface area contributed by atoms with Crippen LogP contribution in [-0.4, -0.2) is 21.8 Å². The molecule has 3 rings (SSSR count). The highest BCUT2D eigenvalue weighted by atomic mass is 19.2. The van der Waals surface area contributed by atoms with Crippen LogP contribution < -0.4 is 10.6 Å². The van der Waals surface area contributed by atoms with E-state index < -0.39 is 23.4 Å². The number of aromatic nitrogens is 2. The smallest absolute Gasteiger partial charge is 0.256 e. The summed E-state index contributed by atoms with van der Waals surface area (Å²) < 4.78 is 26.2. The quantitative estimate of drug-likeness (QED) is 0.753. The van der Waals surface area contributed by atoms with Crippen molar-refractivity contribution in [1.29, 1.82) is 0 Å². The van der Waals surface area contributed by atoms with Crippen molar-refractivity contribution in [3.8, 4) is 0 Å². The number of benzene rings is 2. The van der Waals surface area contributed by atoms with Gasteiger partial charge in [-0.05, 0) is 36.4 Å². The fraction of sp³-hybridized carbons (Fsp3) is 0. The van der Waals surface area contributed by atoms with Crippen molar-refractivity contribution in [2.24, 2.45) is 0 Å². The molecule has 26 heavy (non-hydrogen) atoms. The minimum atomic E-state index is -1.12. The summed E-state index contributed by atoms with van der Waals surface area (Å²) in [6.07, 6.45) is 4.31. The van der Waals surface area contributed by atoms with Crippen LogP contribution in [0.5, 0.6) is 0 Å². The molecule has 0 unspecified atom stereocenters. The highest BCUT2D eigenvalue weighted by Crippen LogP contribution is 2.15. The Kier molecular flexibility index (Phi) is 4.93. The highest BCUT2D eigenvalue weighted by Gasteiger charge is 2.12. The molecule has 8 heteroatoms. The zero-order valence-electron chi connectivity index (χ0n) is 13.2. The molecule has 0 radical (unpaired) electrons. The lowest BCUT2D eigenvalue weighted by Crippen LogP contribution is -2.15. The number of rotatable bonds is 4. The van der Waals surface area contributed by atoms with Crippen molar-refractivity contribution < 1.29 is 18.4 Å². The van der Waals surface area contributed by atoms with Crippen LogP contribution in [0.4, 0.5) is 20.3 Å². The number of amides is 2. The van der Waals surface area contributed by atoms with Crippen LogP contribution in [0.15, 0.2) is 61.1 Å². The van der Waals surface area contributed by atoms with Crippen molar-refractivity contribution in [2.45, 2.75) is 0 Å². The first kappa shape index (κ1) is 17.2. The molecule has 0 aliphatic rings. The lowest BCUT2D eigenvalue weighted by molar-refractivity contribution is 0.101. The van der Waals surface area contributed by atoms with Crippen LogP contribution in [-0.2, 0) is 0 Å². The molecule has 2 amide bonds. The molecule has 2 N–H and O–H groups in total. The normalized spacial score (nSPS) is 10.2. The van der Waals surface area contributed by atoms with Gasteiger partial charge in [-0.1, -0.05) is 6.07 Å². The predicted octanol–water partition coefficient (Wildman–Crippen LogP) is 3.26. The average Bonchev–Trinajstić information content (AvgIpc) is 2.65. The number of carbonyl (C=O) groups is 2. The van der Waals surface area contributed by atoms with Gasteiger partial charge in [0.05, 0.1) is 6.20 Å². The molecule has 0 aliphatic carbocycles. The molecule has 0 spiro atoms. The monoisotopic (exact) mass is 354 g/mol. The van der Waals surface area contributed by atoms with Crippen LogP contribution in [0.3, 0.4) is 0 Å². The van der Waals surface area contributed by atoms with E-state index in [-0.39, 0.29) is 16.9 Å². The van der Waals surface area contributed by atoms with Gasteiger partial charge in [0.1, 0.15) is 0 Å². The minimum absolute atomic E-state index is 0.0432. The van der Waals surface area contributed by atoms with Gasteiger partial charge in [-0.15, -0.1) is 0 Å². The number of hydrogen-bond acceptors (Lipinski definition) is 4. The number of carbonyl (C=O) groups excluding carboxylic acids is 2. The fourth-order valence-electron chi connectivity index (χ4n) is 2.13. The van der Waals surface area contributed by atoms with Crippen LogP contribution in [0.1, 0.15) is 20.7 Å². The van der Waals surface area contributed by atoms with Crippen molar-refractivity contribution in [3.05, 3.63) is 83.8 Å². The lowest BCUT2D eigenvalue weighted by Gasteiger charge is -2.08. The van der Waals surface area contributed by atoms with E-state index in [2.05, 4.69) is 20.6 Å². The van der Waals surface area contributed by atoms with Crippen molar-refractivity contribution in [2.75, 3.05) is 10.6 Å². The Bertz CT molecular complexity index is 964. The number of nitrogens with zero attached hydrogens (tertiary/aromatic N) is 2. The van der Waals surface area contributed by atoms with Crippen molar-refractivity contribution in [1.82, 2.24) is 9.97 Å². The van der Waals surface area contributed by atoms with E-state index in [9.17, 15) is 18.4 Å². The third kappa shape index (κ3) is 4.04. The molecule has 0 atom stereocenters. The predicted molar refractivity (Wildman–Crippen MR) is 90.7 cm³/mol. The van der Waals surface area contributed by atoms with Gasteiger partial charge >= 0.3 is 0 Å². The fourth-order valence-corrected chi connectivity index (χ4v) is 2.13. The second-order valence-corrected chi connectivity index (χ2v) is 5.21. The molecule has 0 bridgehead atoms. The van der Waals surface area contributed by atoms with E-state index in [0.717, 1.165) is 12.1 Å². The van der Waals surface area contributed by atoms with Gasteiger partial charge in [0.15, 0.2) is 17.5 Å². The molecular weight excluding hydrogens is 342 g/mol. The van der Waals surface area contributed by atoms with Gasteiger partial charge in [0.25, 0.3) is 11.8 Å². The summed E-state index contributed by atoms with van der Waals surface area (Å²) in [5, 5.41) is 5.10. The largest absolute Gasteiger partial charge is 0.322 e. The molecule has 130 valence electrons. The number of halogens is 2. The number of nitrogens with one attached hydrogen (secondary N) is 2. The molecule has 6 nitrogen and oxygen atoms in total. The number of anilines is 2. The van der Waals surface area contributed by atoms with Crippen LogP contribution in [0, 0.1) is 11.6 Å². The van der Waals surface area contributed by atoms with E-state index in [1.807, 2.05) is 0 Å². The lowest BCUT2D eigenvalue weighted by atomic mass is 10.1. The van der Waals surface area contributed by atoms with E-state index >= 15 is 0 Å². The van der Waals surface area contributed by atoms with E-state index in [4.69, 9.17) is 0 Å². The summed E-state index contributed by atoms with van der Waals surface area (Å²) in [5.41, 5.74) is 0.559. The van der Waals surface area contributed by atoms with Crippen molar-refractivity contribution >= 4 is 23.3 Å². The zero-order chi connectivity index (χ0) is 18.5. The van der Waals surface area contributed by atoms with Crippen LogP contribution >= 0.6 is 0 Å².